The van der Waals surface area contributed by atoms with Gasteiger partial charge in [-0.2, -0.15) is 5.10 Å². The van der Waals surface area contributed by atoms with Crippen molar-refractivity contribution in [3.05, 3.63) is 41.9 Å². The van der Waals surface area contributed by atoms with Gasteiger partial charge in [-0.05, 0) is 38.1 Å². The van der Waals surface area contributed by atoms with Crippen LogP contribution in [0.1, 0.15) is 22.5 Å². The van der Waals surface area contributed by atoms with Crippen molar-refractivity contribution in [3.63, 3.8) is 0 Å². The molecule has 1 N–H and O–H groups in total. The molecule has 0 spiro atoms. The van der Waals surface area contributed by atoms with Crippen molar-refractivity contribution in [3.8, 4) is 11.5 Å². The van der Waals surface area contributed by atoms with Crippen molar-refractivity contribution in [2.45, 2.75) is 13.3 Å². The summed E-state index contributed by atoms with van der Waals surface area (Å²) in [5.41, 5.74) is 1.75. The molecule has 0 atom stereocenters. The van der Waals surface area contributed by atoms with Crippen LogP contribution in [0.25, 0.3) is 17.1 Å². The summed E-state index contributed by atoms with van der Waals surface area (Å²) in [6.07, 6.45) is 4.12. The van der Waals surface area contributed by atoms with E-state index >= 15 is 0 Å². The van der Waals surface area contributed by atoms with Crippen LogP contribution in [0.4, 0.5) is 0 Å². The third kappa shape index (κ3) is 3.86. The Hall–Kier alpha value is -2.71. The minimum absolute atomic E-state index is 0.160. The Labute approximate surface area is 157 Å². The summed E-state index contributed by atoms with van der Waals surface area (Å²) in [6, 6.07) is 5.60. The smallest absolute Gasteiger partial charge is 0.256 e. The molecule has 1 amide bonds. The van der Waals surface area contributed by atoms with Gasteiger partial charge in [0.15, 0.2) is 11.4 Å². The molecule has 0 aliphatic carbocycles. The van der Waals surface area contributed by atoms with Crippen molar-refractivity contribution < 1.29 is 13.9 Å². The van der Waals surface area contributed by atoms with Crippen LogP contribution < -0.4 is 5.32 Å². The lowest BCUT2D eigenvalue weighted by Crippen LogP contribution is -2.38. The Morgan fingerprint density at radius 3 is 2.89 bits per heavy atom. The first-order valence-electron chi connectivity index (χ1n) is 9.20. The van der Waals surface area contributed by atoms with Crippen LogP contribution >= 0.6 is 0 Å². The third-order valence-corrected chi connectivity index (χ3v) is 4.68. The van der Waals surface area contributed by atoms with Crippen LogP contribution in [0.3, 0.4) is 0 Å². The topological polar surface area (TPSA) is 84.9 Å². The van der Waals surface area contributed by atoms with Crippen LogP contribution in [0.15, 0.2) is 35.0 Å². The summed E-state index contributed by atoms with van der Waals surface area (Å²) in [5, 5.41) is 7.30. The Morgan fingerprint density at radius 2 is 2.11 bits per heavy atom. The van der Waals surface area contributed by atoms with Gasteiger partial charge in [0.1, 0.15) is 17.0 Å². The van der Waals surface area contributed by atoms with Crippen LogP contribution in [-0.4, -0.2) is 64.8 Å². The molecular weight excluding hydrogens is 346 g/mol. The van der Waals surface area contributed by atoms with Crippen molar-refractivity contribution >= 4 is 11.6 Å². The second-order valence-electron chi connectivity index (χ2n) is 6.60. The molecule has 4 heterocycles. The number of rotatable bonds is 6. The first kappa shape index (κ1) is 17.7. The number of amides is 1. The molecule has 0 aromatic carbocycles. The number of carbonyl (C=O) groups excluding carboxylic acids is 1. The fourth-order valence-electron chi connectivity index (χ4n) is 3.24. The maximum atomic E-state index is 12.6. The maximum absolute atomic E-state index is 12.6. The molecule has 4 rings (SSSR count). The van der Waals surface area contributed by atoms with E-state index in [4.69, 9.17) is 9.15 Å². The average Bonchev–Trinajstić information content (AvgIpc) is 3.32. The number of fused-ring (bicyclic) bond motifs is 1. The summed E-state index contributed by atoms with van der Waals surface area (Å²) < 4.78 is 12.7. The van der Waals surface area contributed by atoms with Gasteiger partial charge in [-0.3, -0.25) is 9.69 Å². The molecule has 8 nitrogen and oxygen atoms in total. The van der Waals surface area contributed by atoms with E-state index in [1.807, 2.05) is 25.1 Å². The highest BCUT2D eigenvalue weighted by Gasteiger charge is 2.17. The molecule has 3 aromatic heterocycles. The highest BCUT2D eigenvalue weighted by molar-refractivity contribution is 5.99. The molecule has 3 aromatic rings. The standard InChI is InChI=1S/C19H23N5O3/c1-14-3-4-17(27-14)16-5-7-20-18-15(13-22-24(16)18)19(25)21-6-2-8-23-9-11-26-12-10-23/h3-5,7,13H,2,6,8-12H2,1H3,(H,21,25). The molecule has 0 unspecified atom stereocenters. The Balaban J connectivity index is 1.42. The van der Waals surface area contributed by atoms with E-state index in [1.54, 1.807) is 16.9 Å². The zero-order chi connectivity index (χ0) is 18.6. The van der Waals surface area contributed by atoms with Crippen molar-refractivity contribution in [2.75, 3.05) is 39.4 Å². The SMILES string of the molecule is Cc1ccc(-c2ccnc3c(C(=O)NCCCN4CCOCC4)cnn23)o1. The molecule has 0 bridgehead atoms. The number of aromatic nitrogens is 3. The summed E-state index contributed by atoms with van der Waals surface area (Å²) in [6.45, 7) is 6.96. The molecule has 1 fully saturated rings. The number of carbonyl (C=O) groups is 1. The molecule has 1 aliphatic rings. The first-order valence-corrected chi connectivity index (χ1v) is 9.20. The lowest BCUT2D eigenvalue weighted by Gasteiger charge is -2.26. The second-order valence-corrected chi connectivity index (χ2v) is 6.60. The number of hydrogen-bond donors (Lipinski definition) is 1. The zero-order valence-corrected chi connectivity index (χ0v) is 15.4. The fourth-order valence-corrected chi connectivity index (χ4v) is 3.24. The molecule has 1 aliphatic heterocycles. The van der Waals surface area contributed by atoms with Gasteiger partial charge in [-0.15, -0.1) is 0 Å². The number of furan rings is 1. The molecule has 1 saturated heterocycles. The highest BCUT2D eigenvalue weighted by atomic mass is 16.5. The Morgan fingerprint density at radius 1 is 1.26 bits per heavy atom. The van der Waals surface area contributed by atoms with Gasteiger partial charge >= 0.3 is 0 Å². The quantitative estimate of drug-likeness (QED) is 0.667. The molecule has 0 radical (unpaired) electrons. The monoisotopic (exact) mass is 369 g/mol. The predicted octanol–water partition coefficient (Wildman–Crippen LogP) is 1.75. The van der Waals surface area contributed by atoms with Gasteiger partial charge in [-0.1, -0.05) is 0 Å². The number of ether oxygens (including phenoxy) is 1. The summed E-state index contributed by atoms with van der Waals surface area (Å²) >= 11 is 0. The Bertz CT molecular complexity index is 926. The highest BCUT2D eigenvalue weighted by Crippen LogP contribution is 2.23. The normalized spacial score (nSPS) is 15.3. The lowest BCUT2D eigenvalue weighted by atomic mass is 10.2. The van der Waals surface area contributed by atoms with Gasteiger partial charge < -0.3 is 14.5 Å². The predicted molar refractivity (Wildman–Crippen MR) is 99.6 cm³/mol. The number of hydrogen-bond acceptors (Lipinski definition) is 6. The van der Waals surface area contributed by atoms with E-state index in [9.17, 15) is 4.79 Å². The number of nitrogens with one attached hydrogen (secondary N) is 1. The third-order valence-electron chi connectivity index (χ3n) is 4.68. The van der Waals surface area contributed by atoms with E-state index < -0.39 is 0 Å². The molecule has 0 saturated carbocycles. The van der Waals surface area contributed by atoms with Gasteiger partial charge in [0.2, 0.25) is 0 Å². The van der Waals surface area contributed by atoms with Crippen LogP contribution in [0, 0.1) is 6.92 Å². The minimum Gasteiger partial charge on any atom is -0.460 e. The lowest BCUT2D eigenvalue weighted by molar-refractivity contribution is 0.0374. The van der Waals surface area contributed by atoms with E-state index in [0.717, 1.165) is 50.7 Å². The first-order chi connectivity index (χ1) is 13.2. The number of aryl methyl sites for hydroxylation is 1. The fraction of sp³-hybridized carbons (Fsp3) is 0.421. The zero-order valence-electron chi connectivity index (χ0n) is 15.4. The average molecular weight is 369 g/mol. The van der Waals surface area contributed by atoms with Crippen molar-refractivity contribution in [1.82, 2.24) is 24.8 Å². The van der Waals surface area contributed by atoms with E-state index in [2.05, 4.69) is 20.3 Å². The molecule has 27 heavy (non-hydrogen) atoms. The molecule has 8 heteroatoms. The second kappa shape index (κ2) is 7.89. The van der Waals surface area contributed by atoms with Gasteiger partial charge in [0.05, 0.1) is 19.4 Å². The van der Waals surface area contributed by atoms with E-state index in [-0.39, 0.29) is 5.91 Å². The maximum Gasteiger partial charge on any atom is 0.256 e. The molecular formula is C19H23N5O3. The van der Waals surface area contributed by atoms with E-state index in [0.29, 0.717) is 23.5 Å². The summed E-state index contributed by atoms with van der Waals surface area (Å²) in [4.78, 5) is 19.2. The van der Waals surface area contributed by atoms with Crippen molar-refractivity contribution in [2.24, 2.45) is 0 Å². The van der Waals surface area contributed by atoms with Crippen LogP contribution in [-0.2, 0) is 4.74 Å². The van der Waals surface area contributed by atoms with Gasteiger partial charge in [0.25, 0.3) is 5.91 Å². The number of nitrogens with zero attached hydrogens (tertiary/aromatic N) is 4. The largest absolute Gasteiger partial charge is 0.460 e. The number of morpholine rings is 1. The van der Waals surface area contributed by atoms with Crippen molar-refractivity contribution in [1.29, 1.82) is 0 Å². The van der Waals surface area contributed by atoms with Crippen LogP contribution in [0.2, 0.25) is 0 Å². The summed E-state index contributed by atoms with van der Waals surface area (Å²) in [7, 11) is 0. The summed E-state index contributed by atoms with van der Waals surface area (Å²) in [5.74, 6) is 1.35. The molecule has 142 valence electrons. The minimum atomic E-state index is -0.160. The van der Waals surface area contributed by atoms with Crippen LogP contribution in [0.5, 0.6) is 0 Å². The van der Waals surface area contributed by atoms with Gasteiger partial charge in [-0.25, -0.2) is 9.50 Å². The van der Waals surface area contributed by atoms with E-state index in [1.165, 1.54) is 0 Å². The Kier molecular flexibility index (Phi) is 5.17. The van der Waals surface area contributed by atoms with Gasteiger partial charge in [0, 0.05) is 25.8 Å².